The number of benzene rings is 2. The highest BCUT2D eigenvalue weighted by atomic mass is 16.5. The molecule has 2 atom stereocenters. The topological polar surface area (TPSA) is 128 Å². The largest absolute Gasteiger partial charge is 0.489 e. The maximum absolute atomic E-state index is 13.6. The van der Waals surface area contributed by atoms with Crippen LogP contribution < -0.4 is 20.7 Å². The number of hydrogen-bond donors (Lipinski definition) is 4. The predicted molar refractivity (Wildman–Crippen MR) is 170 cm³/mol. The Bertz CT molecular complexity index is 1290. The summed E-state index contributed by atoms with van der Waals surface area (Å²) in [7, 11) is 0. The van der Waals surface area contributed by atoms with Gasteiger partial charge in [-0.05, 0) is 48.4 Å². The second kappa shape index (κ2) is 17.1. The molecule has 0 saturated carbocycles. The van der Waals surface area contributed by atoms with Crippen LogP contribution in [0.5, 0.6) is 5.75 Å². The third-order valence-electron chi connectivity index (χ3n) is 7.69. The van der Waals surface area contributed by atoms with E-state index in [0.717, 1.165) is 48.3 Å². The Labute approximate surface area is 260 Å². The number of nitrogens with zero attached hydrogens (tertiary/aromatic N) is 2. The summed E-state index contributed by atoms with van der Waals surface area (Å²) in [5.41, 5.74) is 2.79. The second-order valence-corrected chi connectivity index (χ2v) is 11.8. The zero-order chi connectivity index (χ0) is 31.1. The lowest BCUT2D eigenvalue weighted by molar-refractivity contribution is -0.130. The molecule has 3 aromatic rings. The summed E-state index contributed by atoms with van der Waals surface area (Å²) in [5, 5.41) is 8.87. The fourth-order valence-electron chi connectivity index (χ4n) is 5.26. The first kappa shape index (κ1) is 32.6. The summed E-state index contributed by atoms with van der Waals surface area (Å²) >= 11 is 0. The van der Waals surface area contributed by atoms with Crippen molar-refractivity contribution in [2.24, 2.45) is 5.92 Å². The van der Waals surface area contributed by atoms with E-state index in [1.54, 1.807) is 17.4 Å². The van der Waals surface area contributed by atoms with Gasteiger partial charge in [-0.2, -0.15) is 0 Å². The Morgan fingerprint density at radius 1 is 0.886 bits per heavy atom. The zero-order valence-corrected chi connectivity index (χ0v) is 25.9. The number of H-pyrrole nitrogens is 1. The lowest BCUT2D eigenvalue weighted by atomic mass is 10.0. The van der Waals surface area contributed by atoms with Crippen molar-refractivity contribution < 1.29 is 19.1 Å². The van der Waals surface area contributed by atoms with E-state index in [1.165, 1.54) is 0 Å². The molecule has 0 bridgehead atoms. The smallest absolute Gasteiger partial charge is 0.318 e. The molecule has 10 nitrogen and oxygen atoms in total. The molecule has 236 valence electrons. The number of carbonyl (C=O) groups excluding carboxylic acids is 3. The first-order valence-corrected chi connectivity index (χ1v) is 15.7. The van der Waals surface area contributed by atoms with E-state index >= 15 is 0 Å². The van der Waals surface area contributed by atoms with E-state index in [-0.39, 0.29) is 30.2 Å². The average Bonchev–Trinajstić information content (AvgIpc) is 3.39. The maximum Gasteiger partial charge on any atom is 0.318 e. The molecule has 1 aliphatic heterocycles. The Balaban J connectivity index is 1.42. The number of ether oxygens (including phenoxy) is 1. The summed E-state index contributed by atoms with van der Waals surface area (Å²) in [5.74, 6) is 0.229. The molecule has 1 fully saturated rings. The molecule has 4 rings (SSSR count). The highest BCUT2D eigenvalue weighted by Crippen LogP contribution is 2.16. The molecule has 1 saturated heterocycles. The van der Waals surface area contributed by atoms with Gasteiger partial charge in [-0.15, -0.1) is 0 Å². The minimum absolute atomic E-state index is 0.166. The number of hydrogen-bond acceptors (Lipinski definition) is 5. The van der Waals surface area contributed by atoms with Gasteiger partial charge in [0.2, 0.25) is 11.8 Å². The lowest BCUT2D eigenvalue weighted by Crippen LogP contribution is -2.56. The van der Waals surface area contributed by atoms with E-state index in [1.807, 2.05) is 68.4 Å². The number of rotatable bonds is 14. The van der Waals surface area contributed by atoms with Gasteiger partial charge in [-0.25, -0.2) is 9.78 Å². The van der Waals surface area contributed by atoms with E-state index < -0.39 is 12.1 Å². The normalized spacial score (nSPS) is 14.8. The monoisotopic (exact) mass is 602 g/mol. The maximum atomic E-state index is 13.6. The van der Waals surface area contributed by atoms with Crippen LogP contribution in [0.4, 0.5) is 4.79 Å². The highest BCUT2D eigenvalue weighted by molar-refractivity contribution is 5.92. The number of nitrogens with one attached hydrogen (secondary N) is 4. The summed E-state index contributed by atoms with van der Waals surface area (Å²) < 4.78 is 5.91. The van der Waals surface area contributed by atoms with Gasteiger partial charge in [0.05, 0.1) is 12.0 Å². The van der Waals surface area contributed by atoms with Gasteiger partial charge in [0, 0.05) is 38.7 Å². The van der Waals surface area contributed by atoms with Gasteiger partial charge < -0.3 is 30.6 Å². The molecule has 4 amide bonds. The van der Waals surface area contributed by atoms with Crippen molar-refractivity contribution in [2.75, 3.05) is 19.6 Å². The third kappa shape index (κ3) is 10.7. The lowest BCUT2D eigenvalue weighted by Gasteiger charge is -2.27. The van der Waals surface area contributed by atoms with Crippen molar-refractivity contribution in [1.82, 2.24) is 30.8 Å². The molecule has 0 aliphatic carbocycles. The van der Waals surface area contributed by atoms with Gasteiger partial charge in [0.15, 0.2) is 0 Å². The van der Waals surface area contributed by atoms with Crippen molar-refractivity contribution in [1.29, 1.82) is 0 Å². The molecule has 0 spiro atoms. The van der Waals surface area contributed by atoms with E-state index in [9.17, 15) is 14.4 Å². The van der Waals surface area contributed by atoms with Crippen molar-refractivity contribution in [3.63, 3.8) is 0 Å². The van der Waals surface area contributed by atoms with Crippen LogP contribution >= 0.6 is 0 Å². The quantitative estimate of drug-likeness (QED) is 0.218. The fraction of sp³-hybridized carbons (Fsp3) is 0.471. The van der Waals surface area contributed by atoms with E-state index in [2.05, 4.69) is 25.9 Å². The SMILES string of the molecule is CC(C)C[C@H](NC(=O)N1CCCCCC1)C(=O)N[C@@H](Cc1ccc(OCc2ccccc2)cc1)C(=O)NCCc1c[nH]cn1. The molecule has 44 heavy (non-hydrogen) atoms. The minimum atomic E-state index is -0.831. The standard InChI is InChI=1S/C34H46N6O4/c1-25(2)20-30(39-34(43)40-18-8-3-4-9-19-40)33(42)38-31(32(41)36-17-16-28-22-35-24-37-28)21-26-12-14-29(15-13-26)44-23-27-10-6-5-7-11-27/h5-7,10-15,22,24-25,30-31H,3-4,8-9,16-21,23H2,1-2H3,(H,35,37)(H,36,41)(H,38,42)(H,39,43)/t30-,31-/m0/s1. The number of amides is 4. The van der Waals surface area contributed by atoms with Crippen LogP contribution in [0.25, 0.3) is 0 Å². The number of imidazole rings is 1. The van der Waals surface area contributed by atoms with E-state index in [0.29, 0.717) is 39.1 Å². The molecule has 10 heteroatoms. The van der Waals surface area contributed by atoms with Crippen LogP contribution in [-0.2, 0) is 29.0 Å². The van der Waals surface area contributed by atoms with Crippen molar-refractivity contribution in [2.45, 2.75) is 77.5 Å². The van der Waals surface area contributed by atoms with Crippen LogP contribution in [0.1, 0.15) is 62.8 Å². The molecule has 1 aromatic heterocycles. The number of urea groups is 1. The Morgan fingerprint density at radius 3 is 2.27 bits per heavy atom. The molecule has 0 unspecified atom stereocenters. The van der Waals surface area contributed by atoms with Crippen molar-refractivity contribution in [3.8, 4) is 5.75 Å². The minimum Gasteiger partial charge on any atom is -0.489 e. The molecular formula is C34H46N6O4. The second-order valence-electron chi connectivity index (χ2n) is 11.8. The Kier molecular flexibility index (Phi) is 12.6. The van der Waals surface area contributed by atoms with E-state index in [4.69, 9.17) is 4.74 Å². The predicted octanol–water partition coefficient (Wildman–Crippen LogP) is 4.38. The molecule has 2 heterocycles. The van der Waals surface area contributed by atoms with Gasteiger partial charge in [0.1, 0.15) is 24.4 Å². The van der Waals surface area contributed by atoms with Crippen LogP contribution in [0, 0.1) is 5.92 Å². The average molecular weight is 603 g/mol. The van der Waals surface area contributed by atoms with Crippen LogP contribution in [-0.4, -0.2) is 64.4 Å². The molecule has 4 N–H and O–H groups in total. The fourth-order valence-corrected chi connectivity index (χ4v) is 5.26. The number of likely N-dealkylation sites (tertiary alicyclic amines) is 1. The molecular weight excluding hydrogens is 556 g/mol. The van der Waals surface area contributed by atoms with Gasteiger partial charge in [-0.1, -0.05) is 69.2 Å². The number of carbonyl (C=O) groups is 3. The zero-order valence-electron chi connectivity index (χ0n) is 25.9. The summed E-state index contributed by atoms with van der Waals surface area (Å²) in [6.07, 6.45) is 8.84. The number of aromatic nitrogens is 2. The van der Waals surface area contributed by atoms with Gasteiger partial charge in [-0.3, -0.25) is 9.59 Å². The van der Waals surface area contributed by atoms with Crippen LogP contribution in [0.2, 0.25) is 0 Å². The van der Waals surface area contributed by atoms with Crippen molar-refractivity contribution >= 4 is 17.8 Å². The first-order chi connectivity index (χ1) is 21.4. The van der Waals surface area contributed by atoms with Gasteiger partial charge in [0.25, 0.3) is 0 Å². The molecule has 1 aliphatic rings. The van der Waals surface area contributed by atoms with Crippen molar-refractivity contribution in [3.05, 3.63) is 83.9 Å². The third-order valence-corrected chi connectivity index (χ3v) is 7.69. The molecule has 2 aromatic carbocycles. The summed E-state index contributed by atoms with van der Waals surface area (Å²) in [6, 6.07) is 15.7. The Hall–Kier alpha value is -4.34. The van der Waals surface area contributed by atoms with Crippen LogP contribution in [0.3, 0.4) is 0 Å². The summed E-state index contributed by atoms with van der Waals surface area (Å²) in [6.45, 7) is 6.24. The highest BCUT2D eigenvalue weighted by Gasteiger charge is 2.29. The summed E-state index contributed by atoms with van der Waals surface area (Å²) in [4.78, 5) is 49.1. The number of aromatic amines is 1. The molecule has 0 radical (unpaired) electrons. The van der Waals surface area contributed by atoms with Gasteiger partial charge >= 0.3 is 6.03 Å². The Morgan fingerprint density at radius 2 is 1.61 bits per heavy atom. The van der Waals surface area contributed by atoms with Crippen LogP contribution in [0.15, 0.2) is 67.1 Å². The first-order valence-electron chi connectivity index (χ1n) is 15.7.